The molecule has 1 rings (SSSR count). The van der Waals surface area contributed by atoms with Crippen molar-refractivity contribution >= 4 is 17.7 Å². The van der Waals surface area contributed by atoms with Crippen LogP contribution in [0.15, 0.2) is 6.20 Å². The van der Waals surface area contributed by atoms with Crippen molar-refractivity contribution in [2.24, 2.45) is 0 Å². The lowest BCUT2D eigenvalue weighted by atomic mass is 10.3. The van der Waals surface area contributed by atoms with Crippen molar-refractivity contribution in [1.29, 1.82) is 0 Å². The summed E-state index contributed by atoms with van der Waals surface area (Å²) in [6.07, 6.45) is 0.301. The Bertz CT molecular complexity index is 451. The summed E-state index contributed by atoms with van der Waals surface area (Å²) in [5.41, 5.74) is 0. The molecular weight excluding hydrogens is 218 g/mol. The quantitative estimate of drug-likeness (QED) is 0.594. The second-order valence-corrected chi connectivity index (χ2v) is 3.04. The van der Waals surface area contributed by atoms with Gasteiger partial charge in [0.25, 0.3) is 0 Å². The highest BCUT2D eigenvalue weighted by Gasteiger charge is 2.24. The Morgan fingerprint density at radius 3 is 2.69 bits per heavy atom. The summed E-state index contributed by atoms with van der Waals surface area (Å²) < 4.78 is 0.808. The van der Waals surface area contributed by atoms with Gasteiger partial charge in [0.05, 0.1) is 12.8 Å². The SMILES string of the molecule is Cc1ncc([N+](=O)[O-])n1C(=O)CCC(=O)O. The summed E-state index contributed by atoms with van der Waals surface area (Å²) in [6.45, 7) is 1.44. The largest absolute Gasteiger partial charge is 0.481 e. The third kappa shape index (κ3) is 2.41. The van der Waals surface area contributed by atoms with Gasteiger partial charge in [0, 0.05) is 6.92 Å². The van der Waals surface area contributed by atoms with E-state index in [-0.39, 0.29) is 18.7 Å². The number of imidazole rings is 1. The number of carboxylic acids is 1. The lowest BCUT2D eigenvalue weighted by molar-refractivity contribution is -0.390. The third-order valence-corrected chi connectivity index (χ3v) is 1.91. The molecule has 0 saturated carbocycles. The first kappa shape index (κ1) is 11.8. The molecule has 8 nitrogen and oxygen atoms in total. The molecule has 0 fully saturated rings. The minimum atomic E-state index is -1.13. The van der Waals surface area contributed by atoms with Crippen molar-refractivity contribution in [3.63, 3.8) is 0 Å². The number of aliphatic carboxylic acids is 1. The van der Waals surface area contributed by atoms with Crippen LogP contribution in [0, 0.1) is 17.0 Å². The predicted molar refractivity (Wildman–Crippen MR) is 51.1 cm³/mol. The zero-order chi connectivity index (χ0) is 12.3. The van der Waals surface area contributed by atoms with Crippen LogP contribution in [0.25, 0.3) is 0 Å². The van der Waals surface area contributed by atoms with Gasteiger partial charge in [0.2, 0.25) is 5.82 Å². The van der Waals surface area contributed by atoms with E-state index in [4.69, 9.17) is 5.11 Å². The first-order valence-electron chi connectivity index (χ1n) is 4.37. The number of hydrogen-bond acceptors (Lipinski definition) is 5. The Hall–Kier alpha value is -2.25. The highest BCUT2D eigenvalue weighted by atomic mass is 16.6. The molecule has 0 amide bonds. The highest BCUT2D eigenvalue weighted by molar-refractivity contribution is 5.84. The van der Waals surface area contributed by atoms with Gasteiger partial charge in [-0.15, -0.1) is 4.57 Å². The Morgan fingerprint density at radius 1 is 1.56 bits per heavy atom. The summed E-state index contributed by atoms with van der Waals surface area (Å²) in [5, 5.41) is 19.0. The summed E-state index contributed by atoms with van der Waals surface area (Å²) in [4.78, 5) is 35.2. The van der Waals surface area contributed by atoms with E-state index in [9.17, 15) is 19.7 Å². The summed E-state index contributed by atoms with van der Waals surface area (Å²) in [5.74, 6) is -2.06. The van der Waals surface area contributed by atoms with Gasteiger partial charge in [-0.05, 0) is 4.92 Å². The van der Waals surface area contributed by atoms with Crippen LogP contribution in [0.5, 0.6) is 0 Å². The molecule has 0 unspecified atom stereocenters. The second kappa shape index (κ2) is 4.51. The second-order valence-electron chi connectivity index (χ2n) is 3.04. The minimum Gasteiger partial charge on any atom is -0.481 e. The number of carbonyl (C=O) groups is 2. The van der Waals surface area contributed by atoms with Crippen molar-refractivity contribution in [1.82, 2.24) is 9.55 Å². The van der Waals surface area contributed by atoms with E-state index < -0.39 is 22.6 Å². The first-order valence-corrected chi connectivity index (χ1v) is 4.37. The van der Waals surface area contributed by atoms with Gasteiger partial charge in [0.1, 0.15) is 6.20 Å². The van der Waals surface area contributed by atoms with Crippen molar-refractivity contribution < 1.29 is 19.6 Å². The topological polar surface area (TPSA) is 115 Å². The van der Waals surface area contributed by atoms with Crippen LogP contribution in [-0.4, -0.2) is 31.5 Å². The third-order valence-electron chi connectivity index (χ3n) is 1.91. The minimum absolute atomic E-state index is 0.169. The zero-order valence-corrected chi connectivity index (χ0v) is 8.41. The van der Waals surface area contributed by atoms with Crippen molar-refractivity contribution in [3.05, 3.63) is 22.1 Å². The Labute approximate surface area is 89.7 Å². The fraction of sp³-hybridized carbons (Fsp3) is 0.375. The van der Waals surface area contributed by atoms with Crippen molar-refractivity contribution in [2.45, 2.75) is 19.8 Å². The maximum absolute atomic E-state index is 11.5. The summed E-state index contributed by atoms with van der Waals surface area (Å²) in [6, 6.07) is 0. The van der Waals surface area contributed by atoms with Crippen LogP contribution in [0.4, 0.5) is 5.82 Å². The normalized spacial score (nSPS) is 10.1. The van der Waals surface area contributed by atoms with Crippen LogP contribution in [0.3, 0.4) is 0 Å². The smallest absolute Gasteiger partial charge is 0.350 e. The number of hydrogen-bond donors (Lipinski definition) is 1. The summed E-state index contributed by atoms with van der Waals surface area (Å²) >= 11 is 0. The maximum atomic E-state index is 11.5. The molecule has 0 bridgehead atoms. The molecule has 0 spiro atoms. The van der Waals surface area contributed by atoms with E-state index in [1.54, 1.807) is 0 Å². The Kier molecular flexibility index (Phi) is 3.33. The van der Waals surface area contributed by atoms with Gasteiger partial charge in [-0.2, -0.15) is 0 Å². The maximum Gasteiger partial charge on any atom is 0.350 e. The Morgan fingerprint density at radius 2 is 2.19 bits per heavy atom. The molecule has 0 aliphatic carbocycles. The van der Waals surface area contributed by atoms with E-state index in [1.165, 1.54) is 6.92 Å². The van der Waals surface area contributed by atoms with E-state index >= 15 is 0 Å². The zero-order valence-electron chi connectivity index (χ0n) is 8.41. The molecule has 8 heteroatoms. The van der Waals surface area contributed by atoms with Gasteiger partial charge in [-0.25, -0.2) is 9.78 Å². The number of aromatic nitrogens is 2. The molecule has 0 aliphatic rings. The number of carboxylic acid groups (broad SMARTS) is 1. The lowest BCUT2D eigenvalue weighted by Crippen LogP contribution is -2.16. The molecule has 16 heavy (non-hydrogen) atoms. The molecule has 1 N–H and O–H groups in total. The molecule has 0 radical (unpaired) electrons. The van der Waals surface area contributed by atoms with Crippen molar-refractivity contribution in [2.75, 3.05) is 0 Å². The average molecular weight is 227 g/mol. The standard InChI is InChI=1S/C8H9N3O5/c1-5-9-4-6(11(15)16)10(5)7(12)2-3-8(13)14/h4H,2-3H2,1H3,(H,13,14). The van der Waals surface area contributed by atoms with E-state index in [0.717, 1.165) is 10.8 Å². The molecule has 0 aromatic carbocycles. The molecule has 1 aromatic rings. The molecule has 1 heterocycles. The molecule has 0 saturated heterocycles. The van der Waals surface area contributed by atoms with Crippen LogP contribution < -0.4 is 0 Å². The van der Waals surface area contributed by atoms with Crippen LogP contribution in [0.1, 0.15) is 23.5 Å². The van der Waals surface area contributed by atoms with Gasteiger partial charge in [-0.1, -0.05) is 0 Å². The van der Waals surface area contributed by atoms with Crippen LogP contribution in [-0.2, 0) is 4.79 Å². The molecule has 1 aromatic heterocycles. The molecule has 0 atom stereocenters. The number of aryl methyl sites for hydroxylation is 1. The number of carbonyl (C=O) groups excluding carboxylic acids is 1. The van der Waals surface area contributed by atoms with Gasteiger partial charge in [-0.3, -0.25) is 4.79 Å². The molecule has 86 valence electrons. The fourth-order valence-corrected chi connectivity index (χ4v) is 1.20. The monoisotopic (exact) mass is 227 g/mol. The van der Waals surface area contributed by atoms with E-state index in [0.29, 0.717) is 0 Å². The van der Waals surface area contributed by atoms with Crippen molar-refractivity contribution in [3.8, 4) is 0 Å². The number of nitro groups is 1. The Balaban J connectivity index is 2.94. The predicted octanol–water partition coefficient (Wildman–Crippen LogP) is 0.605. The number of rotatable bonds is 4. The first-order chi connectivity index (χ1) is 7.43. The number of nitrogens with zero attached hydrogens (tertiary/aromatic N) is 3. The fourth-order valence-electron chi connectivity index (χ4n) is 1.20. The van der Waals surface area contributed by atoms with E-state index in [2.05, 4.69) is 4.98 Å². The van der Waals surface area contributed by atoms with Crippen LogP contribution in [0.2, 0.25) is 0 Å². The van der Waals surface area contributed by atoms with Gasteiger partial charge in [0.15, 0.2) is 0 Å². The molecular formula is C8H9N3O5. The van der Waals surface area contributed by atoms with Gasteiger partial charge < -0.3 is 15.2 Å². The lowest BCUT2D eigenvalue weighted by Gasteiger charge is -1.99. The summed E-state index contributed by atoms with van der Waals surface area (Å²) in [7, 11) is 0. The van der Waals surface area contributed by atoms with E-state index in [1.807, 2.05) is 0 Å². The van der Waals surface area contributed by atoms with Crippen LogP contribution >= 0.6 is 0 Å². The van der Waals surface area contributed by atoms with Gasteiger partial charge >= 0.3 is 17.7 Å². The average Bonchev–Trinajstić information content (AvgIpc) is 2.56. The highest BCUT2D eigenvalue weighted by Crippen LogP contribution is 2.14. The molecule has 0 aliphatic heterocycles.